The van der Waals surface area contributed by atoms with Crippen molar-refractivity contribution in [2.75, 3.05) is 13.2 Å². The van der Waals surface area contributed by atoms with E-state index in [0.717, 1.165) is 51.3 Å². The van der Waals surface area contributed by atoms with Crippen molar-refractivity contribution in [2.24, 2.45) is 0 Å². The fraction of sp³-hybridized carbons (Fsp3) is 0.806. The van der Waals surface area contributed by atoms with Crippen LogP contribution in [0.1, 0.15) is 90.7 Å². The molecule has 1 aromatic heterocycles. The molecule has 22 nitrogen and oxygen atoms in total. The number of carbonyl (C=O) groups is 2. The smallest absolute Gasteiger partial charge is 0.756 e. The van der Waals surface area contributed by atoms with E-state index in [0.29, 0.717) is 11.0 Å². The van der Waals surface area contributed by atoms with Gasteiger partial charge in [0.25, 0.3) is 21.2 Å². The summed E-state index contributed by atoms with van der Waals surface area (Å²) in [6.45, 7) is 0.948. The van der Waals surface area contributed by atoms with Crippen molar-refractivity contribution in [1.29, 1.82) is 0 Å². The van der Waals surface area contributed by atoms with Crippen LogP contribution in [0.4, 0.5) is 0 Å². The first kappa shape index (κ1) is 54.6. The number of phosphoric ester groups is 2. The monoisotopic (exact) mass is 877 g/mol. The van der Waals surface area contributed by atoms with Crippen LogP contribution in [0.25, 0.3) is 0 Å². The number of aliphatic hydroxyl groups is 5. The van der Waals surface area contributed by atoms with Crippen molar-refractivity contribution in [3.63, 3.8) is 0 Å². The third-order valence-electron chi connectivity index (χ3n) is 8.83. The van der Waals surface area contributed by atoms with Crippen LogP contribution < -0.4 is 85.5 Å². The van der Waals surface area contributed by atoms with Gasteiger partial charge in [-0.1, -0.05) is 64.7 Å². The molecule has 5 unspecified atom stereocenters. The summed E-state index contributed by atoms with van der Waals surface area (Å²) in [5.74, 6) is -1.93. The average Bonchev–Trinajstić information content (AvgIpc) is 3.37. The molecule has 7 N–H and O–H groups in total. The summed E-state index contributed by atoms with van der Waals surface area (Å²) in [4.78, 5) is 75.6. The van der Waals surface area contributed by atoms with Crippen LogP contribution in [-0.2, 0) is 46.3 Å². The first-order chi connectivity index (χ1) is 25.9. The Balaban J connectivity index is 0.00000812. The molecule has 316 valence electrons. The van der Waals surface area contributed by atoms with Gasteiger partial charge in [-0.25, -0.2) is 9.11 Å². The second-order valence-corrected chi connectivity index (χ2v) is 16.2. The molecule has 2 aliphatic rings. The number of H-pyrrole nitrogens is 1. The number of rotatable bonds is 23. The number of hydrogen-bond donors (Lipinski definition) is 7. The van der Waals surface area contributed by atoms with Crippen LogP contribution in [0.3, 0.4) is 0 Å². The molecule has 0 saturated carbocycles. The molecule has 2 saturated heterocycles. The summed E-state index contributed by atoms with van der Waals surface area (Å²) in [6, 6.07) is -0.936. The number of carbonyl (C=O) groups excluding carboxylic acids is 2. The molecular formula is C31H51N3Na2O19P2. The van der Waals surface area contributed by atoms with Gasteiger partial charge in [-0.05, 0) is 6.42 Å². The number of aromatic amines is 1. The number of unbranched alkanes of at least 4 members (excludes halogenated alkanes) is 8. The zero-order valence-electron chi connectivity index (χ0n) is 32.4. The summed E-state index contributed by atoms with van der Waals surface area (Å²) < 4.78 is 55.3. The van der Waals surface area contributed by atoms with E-state index in [2.05, 4.69) is 21.1 Å². The fourth-order valence-corrected chi connectivity index (χ4v) is 8.14. The van der Waals surface area contributed by atoms with Gasteiger partial charge in [0.05, 0.1) is 25.7 Å². The molecular weight excluding hydrogens is 826 g/mol. The largest absolute Gasteiger partial charge is 1.00 e. The Labute approximate surface area is 372 Å². The molecule has 1 amide bonds. The summed E-state index contributed by atoms with van der Waals surface area (Å²) in [5, 5.41) is 53.9. The Morgan fingerprint density at radius 3 is 2.14 bits per heavy atom. The Hall–Kier alpha value is -0.400. The number of nitrogens with one attached hydrogen (secondary N) is 2. The Kier molecular flexibility index (Phi) is 25.1. The summed E-state index contributed by atoms with van der Waals surface area (Å²) in [7, 11) is -12.0. The Morgan fingerprint density at radius 2 is 1.56 bits per heavy atom. The summed E-state index contributed by atoms with van der Waals surface area (Å²) in [6.07, 6.45) is -5.89. The number of hydrogen-bond acceptors (Lipinski definition) is 19. The molecule has 26 heteroatoms. The van der Waals surface area contributed by atoms with Crippen LogP contribution in [0.5, 0.6) is 0 Å². The zero-order valence-corrected chi connectivity index (χ0v) is 38.2. The van der Waals surface area contributed by atoms with E-state index in [4.69, 9.17) is 18.7 Å². The fourth-order valence-electron chi connectivity index (χ4n) is 6.05. The van der Waals surface area contributed by atoms with Gasteiger partial charge in [0, 0.05) is 19.2 Å². The van der Waals surface area contributed by atoms with Crippen molar-refractivity contribution >= 4 is 27.5 Å². The predicted molar refractivity (Wildman–Crippen MR) is 182 cm³/mol. The van der Waals surface area contributed by atoms with Crippen LogP contribution in [-0.4, -0.2) is 115 Å². The van der Waals surface area contributed by atoms with Gasteiger partial charge in [0.2, 0.25) is 5.91 Å². The number of phosphoric acid groups is 2. The number of aromatic nitrogens is 2. The van der Waals surface area contributed by atoms with E-state index in [9.17, 15) is 63.6 Å². The van der Waals surface area contributed by atoms with Crippen molar-refractivity contribution in [3.05, 3.63) is 33.1 Å². The number of nitrogens with zero attached hydrogens (tertiary/aromatic N) is 1. The topological polar surface area (TPSA) is 338 Å². The maximum Gasteiger partial charge on any atom is 1.00 e. The van der Waals surface area contributed by atoms with Crippen molar-refractivity contribution in [1.82, 2.24) is 14.9 Å². The number of esters is 1. The minimum absolute atomic E-state index is 0. The molecule has 0 bridgehead atoms. The molecule has 2 aliphatic heterocycles. The Morgan fingerprint density at radius 1 is 0.947 bits per heavy atom. The molecule has 1 aromatic rings. The third kappa shape index (κ3) is 17.8. The molecule has 0 spiro atoms. The number of ether oxygens (including phenoxy) is 3. The molecule has 0 aliphatic carbocycles. The quantitative estimate of drug-likeness (QED) is 0.0232. The second-order valence-electron chi connectivity index (χ2n) is 13.3. The summed E-state index contributed by atoms with van der Waals surface area (Å²) >= 11 is 0. The first-order valence-corrected chi connectivity index (χ1v) is 20.9. The van der Waals surface area contributed by atoms with Gasteiger partial charge in [0.15, 0.2) is 18.6 Å². The van der Waals surface area contributed by atoms with E-state index in [1.54, 1.807) is 0 Å². The molecule has 12 atom stereocenters. The minimum Gasteiger partial charge on any atom is -0.756 e. The number of aliphatic hydroxyl groups excluding tert-OH is 5. The van der Waals surface area contributed by atoms with Crippen molar-refractivity contribution in [3.8, 4) is 0 Å². The van der Waals surface area contributed by atoms with Crippen LogP contribution >= 0.6 is 15.6 Å². The van der Waals surface area contributed by atoms with Gasteiger partial charge in [-0.2, -0.15) is 0 Å². The Bertz CT molecular complexity index is 1610. The molecule has 0 aromatic carbocycles. The zero-order chi connectivity index (χ0) is 40.9. The minimum atomic E-state index is -6.09. The van der Waals surface area contributed by atoms with Gasteiger partial charge >= 0.3 is 70.8 Å². The van der Waals surface area contributed by atoms with E-state index < -0.39 is 120 Å². The van der Waals surface area contributed by atoms with Gasteiger partial charge in [0.1, 0.15) is 36.6 Å². The molecule has 3 heterocycles. The molecule has 3 rings (SSSR count). The van der Waals surface area contributed by atoms with Gasteiger partial charge in [-0.15, -0.1) is 0 Å². The maximum atomic E-state index is 12.8. The second kappa shape index (κ2) is 26.2. The third-order valence-corrected chi connectivity index (χ3v) is 11.4. The van der Waals surface area contributed by atoms with E-state index in [-0.39, 0.29) is 65.5 Å². The van der Waals surface area contributed by atoms with E-state index >= 15 is 0 Å². The van der Waals surface area contributed by atoms with E-state index in [1.165, 1.54) is 19.3 Å². The van der Waals surface area contributed by atoms with Crippen LogP contribution in [0.2, 0.25) is 0 Å². The number of amides is 1. The predicted octanol–water partition coefficient (Wildman–Crippen LogP) is -7.68. The normalized spacial score (nSPS) is 28.5. The van der Waals surface area contributed by atoms with Crippen molar-refractivity contribution in [2.45, 2.75) is 146 Å². The molecule has 2 fully saturated rings. The van der Waals surface area contributed by atoms with Gasteiger partial charge in [-0.3, -0.25) is 37.6 Å². The molecule has 0 radical (unpaired) electrons. The molecule has 57 heavy (non-hydrogen) atoms. The van der Waals surface area contributed by atoms with Crippen LogP contribution in [0.15, 0.2) is 21.9 Å². The standard InChI is InChI=1S/C31H53N3O19P2.2Na/c1-3-4-5-6-7-8-9-10-11-12-19(37)15-23(39)51-28-24(32-18(2)36)30(50-20(16-35)26(28)41)52-55(46,47)53-54(44,45)48-17-21-25(40)27(42)29(49-21)34-14-13-22(38)33-31(34)43;;/h13-14,19-21,24-30,35,37,40-42H,3-12,15-17H2,1-2H3,(H,32,36)(H,44,45)(H,46,47)(H,33,38,43);;/q;2*+1/p-2/t19-,20?,21-,24?,25+,26-,27?,28-,29-,30-;;/m1../s1. The van der Waals surface area contributed by atoms with Crippen molar-refractivity contribution < 1.29 is 141 Å². The van der Waals surface area contributed by atoms with Gasteiger partial charge < -0.3 is 59.4 Å². The van der Waals surface area contributed by atoms with Crippen LogP contribution in [0, 0.1) is 0 Å². The maximum absolute atomic E-state index is 12.8. The average molecular weight is 878 g/mol. The first-order valence-electron chi connectivity index (χ1n) is 18.0. The SMILES string of the molecule is CCCCCCCCCCC[C@@H](O)CC(=O)O[C@@H]1C(NC(C)=O)[C@@H](OP(=O)([O-])OP(=O)([O-])OC[C@H]2O[C@@H](n3ccc(=O)[nH]c3=O)C(O)[C@H]2O)OC(CO)[C@H]1O.[Na+].[Na+]. The van der Waals surface area contributed by atoms with E-state index in [1.807, 2.05) is 4.98 Å². The summed E-state index contributed by atoms with van der Waals surface area (Å²) in [5.41, 5.74) is -1.82.